The van der Waals surface area contributed by atoms with Crippen molar-refractivity contribution < 1.29 is 4.74 Å². The van der Waals surface area contributed by atoms with Crippen LogP contribution in [0, 0.1) is 19.3 Å². The van der Waals surface area contributed by atoms with Gasteiger partial charge in [-0.3, -0.25) is 4.98 Å². The molecule has 0 amide bonds. The van der Waals surface area contributed by atoms with Crippen molar-refractivity contribution in [2.75, 3.05) is 13.7 Å². The van der Waals surface area contributed by atoms with Gasteiger partial charge in [-0.1, -0.05) is 27.7 Å². The molecule has 0 saturated heterocycles. The average Bonchev–Trinajstić information content (AvgIpc) is 2.32. The van der Waals surface area contributed by atoms with Crippen LogP contribution in [0.2, 0.25) is 0 Å². The fraction of sp³-hybridized carbons (Fsp3) is 0.706. The van der Waals surface area contributed by atoms with Gasteiger partial charge in [-0.05, 0) is 32.2 Å². The summed E-state index contributed by atoms with van der Waals surface area (Å²) < 4.78 is 5.50. The number of nitrogens with one attached hydrogen (secondary N) is 1. The van der Waals surface area contributed by atoms with Crippen molar-refractivity contribution >= 4 is 0 Å². The van der Waals surface area contributed by atoms with Crippen LogP contribution in [0.5, 0.6) is 5.75 Å². The minimum atomic E-state index is 0.315. The second-order valence-corrected chi connectivity index (χ2v) is 6.77. The molecule has 1 rings (SSSR count). The number of aromatic nitrogens is 1. The molecule has 0 radical (unpaired) electrons. The quantitative estimate of drug-likeness (QED) is 0.862. The third-order valence-corrected chi connectivity index (χ3v) is 3.54. The molecule has 1 aromatic rings. The van der Waals surface area contributed by atoms with Crippen molar-refractivity contribution in [1.29, 1.82) is 0 Å². The van der Waals surface area contributed by atoms with Crippen LogP contribution in [-0.2, 0) is 6.42 Å². The minimum Gasteiger partial charge on any atom is -0.496 e. The maximum atomic E-state index is 5.50. The maximum absolute atomic E-state index is 5.50. The zero-order chi connectivity index (χ0) is 15.3. The Kier molecular flexibility index (Phi) is 6.00. The maximum Gasteiger partial charge on any atom is 0.128 e. The fourth-order valence-electron chi connectivity index (χ4n) is 2.75. The molecule has 1 N–H and O–H groups in total. The number of hydrogen-bond donors (Lipinski definition) is 1. The van der Waals surface area contributed by atoms with E-state index in [1.807, 2.05) is 13.1 Å². The average molecular weight is 278 g/mol. The van der Waals surface area contributed by atoms with Gasteiger partial charge in [-0.2, -0.15) is 0 Å². The summed E-state index contributed by atoms with van der Waals surface area (Å²) in [5.74, 6) is 0.973. The van der Waals surface area contributed by atoms with E-state index in [0.29, 0.717) is 11.5 Å². The molecule has 0 aliphatic carbocycles. The third kappa shape index (κ3) is 4.78. The van der Waals surface area contributed by atoms with Gasteiger partial charge in [0.2, 0.25) is 0 Å². The molecule has 3 heteroatoms. The van der Waals surface area contributed by atoms with Crippen LogP contribution in [0.4, 0.5) is 0 Å². The van der Waals surface area contributed by atoms with Gasteiger partial charge in [0, 0.05) is 35.5 Å². The second-order valence-electron chi connectivity index (χ2n) is 6.77. The number of likely N-dealkylation sites (N-methyl/N-ethyl adjacent to an activating group) is 1. The van der Waals surface area contributed by atoms with E-state index in [1.54, 1.807) is 7.11 Å². The largest absolute Gasteiger partial charge is 0.496 e. The zero-order valence-electron chi connectivity index (χ0n) is 14.1. The number of nitrogens with zero attached hydrogens (tertiary/aromatic N) is 1. The number of pyridine rings is 1. The van der Waals surface area contributed by atoms with E-state index >= 15 is 0 Å². The highest BCUT2D eigenvalue weighted by molar-refractivity contribution is 5.41. The lowest BCUT2D eigenvalue weighted by Gasteiger charge is -2.27. The van der Waals surface area contributed by atoms with Crippen LogP contribution in [0.25, 0.3) is 0 Å². The number of aryl methyl sites for hydroxylation is 1. The first-order chi connectivity index (χ1) is 9.28. The van der Waals surface area contributed by atoms with Crippen LogP contribution in [0.3, 0.4) is 0 Å². The molecule has 0 aromatic carbocycles. The summed E-state index contributed by atoms with van der Waals surface area (Å²) in [6.45, 7) is 14.1. The Morgan fingerprint density at radius 3 is 2.45 bits per heavy atom. The van der Waals surface area contributed by atoms with Crippen molar-refractivity contribution in [3.05, 3.63) is 23.0 Å². The van der Waals surface area contributed by atoms with Crippen LogP contribution in [0.1, 0.15) is 50.9 Å². The molecule has 1 heterocycles. The molecule has 1 atom stereocenters. The van der Waals surface area contributed by atoms with Crippen molar-refractivity contribution in [3.63, 3.8) is 0 Å². The SMILES string of the molecule is CCNC(Cc1ncc(C)c(OC)c1C)CC(C)(C)C. The second kappa shape index (κ2) is 7.07. The monoisotopic (exact) mass is 278 g/mol. The number of rotatable bonds is 6. The smallest absolute Gasteiger partial charge is 0.128 e. The van der Waals surface area contributed by atoms with Gasteiger partial charge in [0.1, 0.15) is 5.75 Å². The number of ether oxygens (including phenoxy) is 1. The Morgan fingerprint density at radius 2 is 1.95 bits per heavy atom. The summed E-state index contributed by atoms with van der Waals surface area (Å²) in [7, 11) is 1.73. The van der Waals surface area contributed by atoms with Gasteiger partial charge in [0.25, 0.3) is 0 Å². The Balaban J connectivity index is 2.94. The Labute approximate surface area is 124 Å². The van der Waals surface area contributed by atoms with Gasteiger partial charge >= 0.3 is 0 Å². The standard InChI is InChI=1S/C17H30N2O/c1-8-18-14(10-17(4,5)6)9-15-13(3)16(20-7)12(2)11-19-15/h11,14,18H,8-10H2,1-7H3. The highest BCUT2D eigenvalue weighted by Crippen LogP contribution is 2.27. The van der Waals surface area contributed by atoms with Crippen LogP contribution in [-0.4, -0.2) is 24.7 Å². The fourth-order valence-corrected chi connectivity index (χ4v) is 2.75. The molecule has 0 saturated carbocycles. The van der Waals surface area contributed by atoms with Crippen molar-refractivity contribution in [1.82, 2.24) is 10.3 Å². The molecule has 0 aliphatic rings. The highest BCUT2D eigenvalue weighted by atomic mass is 16.5. The molecule has 1 aromatic heterocycles. The Bertz CT molecular complexity index is 435. The summed E-state index contributed by atoms with van der Waals surface area (Å²) in [6, 6.07) is 0.457. The molecular weight excluding hydrogens is 248 g/mol. The topological polar surface area (TPSA) is 34.2 Å². The van der Waals surface area contributed by atoms with Gasteiger partial charge in [0.05, 0.1) is 7.11 Å². The minimum absolute atomic E-state index is 0.315. The van der Waals surface area contributed by atoms with Crippen molar-refractivity contribution in [2.45, 2.75) is 60.4 Å². The van der Waals surface area contributed by atoms with Crippen LogP contribution >= 0.6 is 0 Å². The molecule has 3 nitrogen and oxygen atoms in total. The molecule has 114 valence electrons. The third-order valence-electron chi connectivity index (χ3n) is 3.54. The summed E-state index contributed by atoms with van der Waals surface area (Å²) in [4.78, 5) is 4.62. The van der Waals surface area contributed by atoms with Crippen LogP contribution in [0.15, 0.2) is 6.20 Å². The Hall–Kier alpha value is -1.09. The first-order valence-electron chi connectivity index (χ1n) is 7.51. The van der Waals surface area contributed by atoms with Crippen LogP contribution < -0.4 is 10.1 Å². The Morgan fingerprint density at radius 1 is 1.30 bits per heavy atom. The van der Waals surface area contributed by atoms with E-state index in [9.17, 15) is 0 Å². The molecule has 0 spiro atoms. The molecular formula is C17H30N2O. The van der Waals surface area contributed by atoms with E-state index in [4.69, 9.17) is 4.74 Å². The highest BCUT2D eigenvalue weighted by Gasteiger charge is 2.20. The predicted octanol–water partition coefficient (Wildman–Crippen LogP) is 3.66. The van der Waals surface area contributed by atoms with E-state index in [0.717, 1.165) is 36.4 Å². The predicted molar refractivity (Wildman–Crippen MR) is 85.5 cm³/mol. The van der Waals surface area contributed by atoms with E-state index in [2.05, 4.69) is 44.9 Å². The molecule has 0 bridgehead atoms. The van der Waals surface area contributed by atoms with Gasteiger partial charge in [0.15, 0.2) is 0 Å². The molecule has 0 aliphatic heterocycles. The van der Waals surface area contributed by atoms with E-state index in [1.165, 1.54) is 5.56 Å². The van der Waals surface area contributed by atoms with Crippen molar-refractivity contribution in [3.8, 4) is 5.75 Å². The molecule has 0 fully saturated rings. The molecule has 1 unspecified atom stereocenters. The van der Waals surface area contributed by atoms with E-state index < -0.39 is 0 Å². The summed E-state index contributed by atoms with van der Waals surface area (Å²) in [5.41, 5.74) is 3.73. The van der Waals surface area contributed by atoms with Gasteiger partial charge in [-0.15, -0.1) is 0 Å². The first-order valence-corrected chi connectivity index (χ1v) is 7.51. The lowest BCUT2D eigenvalue weighted by Crippen LogP contribution is -2.35. The zero-order valence-corrected chi connectivity index (χ0v) is 14.1. The number of methoxy groups -OCH3 is 1. The van der Waals surface area contributed by atoms with E-state index in [-0.39, 0.29) is 0 Å². The van der Waals surface area contributed by atoms with Gasteiger partial charge in [-0.25, -0.2) is 0 Å². The van der Waals surface area contributed by atoms with Gasteiger partial charge < -0.3 is 10.1 Å². The van der Waals surface area contributed by atoms with Crippen molar-refractivity contribution in [2.24, 2.45) is 5.41 Å². The first kappa shape index (κ1) is 17.0. The summed E-state index contributed by atoms with van der Waals surface area (Å²) in [6.07, 6.45) is 4.01. The molecule has 20 heavy (non-hydrogen) atoms. The normalized spacial score (nSPS) is 13.3. The lowest BCUT2D eigenvalue weighted by atomic mass is 9.86. The lowest BCUT2D eigenvalue weighted by molar-refractivity contribution is 0.307. The number of hydrogen-bond acceptors (Lipinski definition) is 3. The summed E-state index contributed by atoms with van der Waals surface area (Å²) >= 11 is 0. The summed E-state index contributed by atoms with van der Waals surface area (Å²) in [5, 5.41) is 3.59.